The first kappa shape index (κ1) is 15.4. The minimum absolute atomic E-state index is 0.104. The summed E-state index contributed by atoms with van der Waals surface area (Å²) >= 11 is 0. The minimum Gasteiger partial charge on any atom is -0.381 e. The quantitative estimate of drug-likeness (QED) is 0.901. The molecule has 3 nitrogen and oxygen atoms in total. The third-order valence-corrected chi connectivity index (χ3v) is 4.23. The molecule has 2 N–H and O–H groups in total. The van der Waals surface area contributed by atoms with Gasteiger partial charge >= 0.3 is 0 Å². The molecule has 1 heterocycles. The molecule has 1 aromatic carbocycles. The number of halogens is 1. The first-order valence-corrected chi connectivity index (χ1v) is 7.37. The van der Waals surface area contributed by atoms with Crippen LogP contribution in [-0.2, 0) is 4.74 Å². The summed E-state index contributed by atoms with van der Waals surface area (Å²) in [7, 11) is 2.14. The van der Waals surface area contributed by atoms with Gasteiger partial charge in [-0.3, -0.25) is 0 Å². The molecule has 1 aromatic rings. The number of nitrogens with two attached hydrogens (primary N) is 1. The lowest BCUT2D eigenvalue weighted by molar-refractivity contribution is 0.0422. The molecule has 0 bridgehead atoms. The van der Waals surface area contributed by atoms with E-state index in [-0.39, 0.29) is 11.9 Å². The topological polar surface area (TPSA) is 38.5 Å². The van der Waals surface area contributed by atoms with Crippen LogP contribution >= 0.6 is 0 Å². The summed E-state index contributed by atoms with van der Waals surface area (Å²) in [5.74, 6) is -0.171. The molecular formula is C16H25FN2O. The van der Waals surface area contributed by atoms with Crippen molar-refractivity contribution < 1.29 is 9.13 Å². The highest BCUT2D eigenvalue weighted by molar-refractivity contribution is 5.25. The Morgan fingerprint density at radius 1 is 1.40 bits per heavy atom. The van der Waals surface area contributed by atoms with Crippen LogP contribution in [0.3, 0.4) is 0 Å². The first-order valence-electron chi connectivity index (χ1n) is 7.37. The fourth-order valence-corrected chi connectivity index (χ4v) is 2.66. The van der Waals surface area contributed by atoms with E-state index in [1.54, 1.807) is 19.1 Å². The zero-order valence-corrected chi connectivity index (χ0v) is 12.4. The van der Waals surface area contributed by atoms with Gasteiger partial charge in [-0.25, -0.2) is 4.39 Å². The van der Waals surface area contributed by atoms with E-state index in [9.17, 15) is 4.39 Å². The molecule has 0 spiro atoms. The SMILES string of the molecule is Cc1ccc(C(N)CCN(C)C2CCOCC2)cc1F. The Morgan fingerprint density at radius 3 is 2.75 bits per heavy atom. The van der Waals surface area contributed by atoms with E-state index >= 15 is 0 Å². The van der Waals surface area contributed by atoms with Gasteiger partial charge in [0.25, 0.3) is 0 Å². The first-order chi connectivity index (χ1) is 9.58. The van der Waals surface area contributed by atoms with Crippen molar-refractivity contribution in [2.75, 3.05) is 26.8 Å². The van der Waals surface area contributed by atoms with Crippen LogP contribution in [0.25, 0.3) is 0 Å². The molecule has 20 heavy (non-hydrogen) atoms. The summed E-state index contributed by atoms with van der Waals surface area (Å²) in [5.41, 5.74) is 7.72. The Hall–Kier alpha value is -0.970. The number of hydrogen-bond acceptors (Lipinski definition) is 3. The predicted octanol–water partition coefficient (Wildman–Crippen LogP) is 2.63. The third kappa shape index (κ3) is 4.01. The molecule has 1 atom stereocenters. The van der Waals surface area contributed by atoms with Crippen LogP contribution in [0.5, 0.6) is 0 Å². The third-order valence-electron chi connectivity index (χ3n) is 4.23. The smallest absolute Gasteiger partial charge is 0.126 e. The Morgan fingerprint density at radius 2 is 2.10 bits per heavy atom. The Balaban J connectivity index is 1.84. The average Bonchev–Trinajstić information content (AvgIpc) is 2.48. The highest BCUT2D eigenvalue weighted by Gasteiger charge is 2.19. The highest BCUT2D eigenvalue weighted by Crippen LogP contribution is 2.19. The second-order valence-corrected chi connectivity index (χ2v) is 5.73. The van der Waals surface area contributed by atoms with Crippen molar-refractivity contribution in [3.63, 3.8) is 0 Å². The standard InChI is InChI=1S/C16H25FN2O/c1-12-3-4-13(11-15(12)17)16(18)5-8-19(2)14-6-9-20-10-7-14/h3-4,11,14,16H,5-10,18H2,1-2H3. The lowest BCUT2D eigenvalue weighted by atomic mass is 10.0. The molecule has 1 unspecified atom stereocenters. The summed E-state index contributed by atoms with van der Waals surface area (Å²) in [4.78, 5) is 2.35. The predicted molar refractivity (Wildman–Crippen MR) is 79.2 cm³/mol. The van der Waals surface area contributed by atoms with Gasteiger partial charge in [-0.15, -0.1) is 0 Å². The molecule has 1 aliphatic rings. The van der Waals surface area contributed by atoms with E-state index in [1.807, 2.05) is 6.07 Å². The van der Waals surface area contributed by atoms with Gasteiger partial charge < -0.3 is 15.4 Å². The molecule has 4 heteroatoms. The van der Waals surface area contributed by atoms with Crippen molar-refractivity contribution in [3.05, 3.63) is 35.1 Å². The molecule has 0 aromatic heterocycles. The van der Waals surface area contributed by atoms with Crippen LogP contribution in [0.2, 0.25) is 0 Å². The lowest BCUT2D eigenvalue weighted by Crippen LogP contribution is -2.38. The molecule has 0 radical (unpaired) electrons. The van der Waals surface area contributed by atoms with E-state index in [4.69, 9.17) is 10.5 Å². The zero-order chi connectivity index (χ0) is 14.5. The molecule has 1 saturated heterocycles. The van der Waals surface area contributed by atoms with Gasteiger partial charge in [-0.1, -0.05) is 12.1 Å². The van der Waals surface area contributed by atoms with Crippen molar-refractivity contribution in [1.82, 2.24) is 4.90 Å². The van der Waals surface area contributed by atoms with Crippen molar-refractivity contribution in [2.45, 2.75) is 38.3 Å². The van der Waals surface area contributed by atoms with Crippen LogP contribution in [0, 0.1) is 12.7 Å². The Labute approximate surface area is 120 Å². The minimum atomic E-state index is -0.171. The molecular weight excluding hydrogens is 255 g/mol. The van der Waals surface area contributed by atoms with Gasteiger partial charge in [-0.05, 0) is 57.0 Å². The number of nitrogens with zero attached hydrogens (tertiary/aromatic N) is 1. The van der Waals surface area contributed by atoms with E-state index in [0.717, 1.165) is 44.6 Å². The maximum absolute atomic E-state index is 13.5. The number of rotatable bonds is 5. The van der Waals surface area contributed by atoms with Gasteiger partial charge in [-0.2, -0.15) is 0 Å². The van der Waals surface area contributed by atoms with Gasteiger partial charge in [0.1, 0.15) is 5.82 Å². The fourth-order valence-electron chi connectivity index (χ4n) is 2.66. The summed E-state index contributed by atoms with van der Waals surface area (Å²) < 4.78 is 18.9. The van der Waals surface area contributed by atoms with Crippen LogP contribution in [0.15, 0.2) is 18.2 Å². The van der Waals surface area contributed by atoms with Gasteiger partial charge in [0.05, 0.1) is 0 Å². The summed E-state index contributed by atoms with van der Waals surface area (Å²) in [6, 6.07) is 5.77. The maximum atomic E-state index is 13.5. The molecule has 0 saturated carbocycles. The molecule has 0 amide bonds. The van der Waals surface area contributed by atoms with Gasteiger partial charge in [0.15, 0.2) is 0 Å². The van der Waals surface area contributed by atoms with E-state index in [2.05, 4.69) is 11.9 Å². The molecule has 2 rings (SSSR count). The van der Waals surface area contributed by atoms with E-state index in [0.29, 0.717) is 11.6 Å². The Bertz CT molecular complexity index is 432. The van der Waals surface area contributed by atoms with Crippen molar-refractivity contribution in [1.29, 1.82) is 0 Å². The van der Waals surface area contributed by atoms with Crippen LogP contribution in [0.1, 0.15) is 36.4 Å². The van der Waals surface area contributed by atoms with Crippen molar-refractivity contribution >= 4 is 0 Å². The second-order valence-electron chi connectivity index (χ2n) is 5.73. The van der Waals surface area contributed by atoms with Crippen LogP contribution in [-0.4, -0.2) is 37.7 Å². The Kier molecular flexibility index (Phi) is 5.52. The largest absolute Gasteiger partial charge is 0.381 e. The van der Waals surface area contributed by atoms with Crippen LogP contribution < -0.4 is 5.73 Å². The van der Waals surface area contributed by atoms with Gasteiger partial charge in [0, 0.05) is 25.3 Å². The number of hydrogen-bond donors (Lipinski definition) is 1. The van der Waals surface area contributed by atoms with Crippen molar-refractivity contribution in [3.8, 4) is 0 Å². The van der Waals surface area contributed by atoms with Crippen molar-refractivity contribution in [2.24, 2.45) is 5.73 Å². The molecule has 0 aliphatic carbocycles. The summed E-state index contributed by atoms with van der Waals surface area (Å²) in [5, 5.41) is 0. The monoisotopic (exact) mass is 280 g/mol. The second kappa shape index (κ2) is 7.16. The lowest BCUT2D eigenvalue weighted by Gasteiger charge is -2.31. The average molecular weight is 280 g/mol. The van der Waals surface area contributed by atoms with Gasteiger partial charge in [0.2, 0.25) is 0 Å². The number of benzene rings is 1. The maximum Gasteiger partial charge on any atom is 0.126 e. The summed E-state index contributed by atoms with van der Waals surface area (Å²) in [6.07, 6.45) is 3.02. The van der Waals surface area contributed by atoms with Crippen LogP contribution in [0.4, 0.5) is 4.39 Å². The number of ether oxygens (including phenoxy) is 1. The number of aryl methyl sites for hydroxylation is 1. The highest BCUT2D eigenvalue weighted by atomic mass is 19.1. The van der Waals surface area contributed by atoms with E-state index < -0.39 is 0 Å². The molecule has 1 aliphatic heterocycles. The fraction of sp³-hybridized carbons (Fsp3) is 0.625. The zero-order valence-electron chi connectivity index (χ0n) is 12.4. The summed E-state index contributed by atoms with van der Waals surface area (Å²) in [6.45, 7) is 4.40. The normalized spacial score (nSPS) is 18.4. The molecule has 112 valence electrons. The van der Waals surface area contributed by atoms with E-state index in [1.165, 1.54) is 0 Å². The molecule has 1 fully saturated rings.